The van der Waals surface area contributed by atoms with Crippen LogP contribution in [0.1, 0.15) is 12.8 Å². The molecule has 0 rings (SSSR count). The number of hydrogen-bond acceptors (Lipinski definition) is 3. The predicted octanol–water partition coefficient (Wildman–Crippen LogP) is -0.380. The fourth-order valence-corrected chi connectivity index (χ4v) is 1.20. The molecule has 0 atom stereocenters. The van der Waals surface area contributed by atoms with Gasteiger partial charge in [-0.15, -0.1) is 0 Å². The Hall–Kier alpha value is -0.810. The van der Waals surface area contributed by atoms with E-state index in [1.165, 1.54) is 0 Å². The van der Waals surface area contributed by atoms with Crippen LogP contribution in [0.25, 0.3) is 0 Å². The SMILES string of the molecule is CNCCCCN(CCO)C(=O)NC. The Morgan fingerprint density at radius 1 is 1.29 bits per heavy atom. The van der Waals surface area contributed by atoms with E-state index in [0.29, 0.717) is 13.1 Å². The first-order valence-electron chi connectivity index (χ1n) is 4.98. The number of aliphatic hydroxyl groups is 1. The van der Waals surface area contributed by atoms with Gasteiger partial charge in [0, 0.05) is 20.1 Å². The van der Waals surface area contributed by atoms with Crippen LogP contribution in [0.2, 0.25) is 0 Å². The third-order valence-corrected chi connectivity index (χ3v) is 1.98. The zero-order valence-electron chi connectivity index (χ0n) is 9.05. The number of urea groups is 1. The number of hydrogen-bond donors (Lipinski definition) is 3. The first-order valence-corrected chi connectivity index (χ1v) is 4.98. The summed E-state index contributed by atoms with van der Waals surface area (Å²) in [7, 11) is 3.50. The largest absolute Gasteiger partial charge is 0.395 e. The molecule has 3 N–H and O–H groups in total. The second kappa shape index (κ2) is 8.77. The number of unbranched alkanes of at least 4 members (excludes halogenated alkanes) is 1. The number of aliphatic hydroxyl groups excluding tert-OH is 1. The van der Waals surface area contributed by atoms with E-state index in [2.05, 4.69) is 10.6 Å². The molecule has 0 fully saturated rings. The molecule has 5 heteroatoms. The number of nitrogens with zero attached hydrogens (tertiary/aromatic N) is 1. The van der Waals surface area contributed by atoms with Crippen LogP contribution in [0.3, 0.4) is 0 Å². The van der Waals surface area contributed by atoms with Gasteiger partial charge in [0.2, 0.25) is 0 Å². The van der Waals surface area contributed by atoms with Crippen LogP contribution in [0, 0.1) is 0 Å². The Kier molecular flexibility index (Phi) is 8.27. The highest BCUT2D eigenvalue weighted by Gasteiger charge is 2.09. The van der Waals surface area contributed by atoms with E-state index in [1.54, 1.807) is 11.9 Å². The van der Waals surface area contributed by atoms with Gasteiger partial charge in [-0.25, -0.2) is 4.79 Å². The van der Waals surface area contributed by atoms with Gasteiger partial charge in [0.05, 0.1) is 6.61 Å². The minimum absolute atomic E-state index is 0.0133. The lowest BCUT2D eigenvalue weighted by molar-refractivity contribution is 0.178. The van der Waals surface area contributed by atoms with Crippen molar-refractivity contribution in [2.24, 2.45) is 0 Å². The monoisotopic (exact) mass is 203 g/mol. The van der Waals surface area contributed by atoms with Crippen molar-refractivity contribution < 1.29 is 9.90 Å². The molecule has 0 spiro atoms. The Balaban J connectivity index is 3.67. The predicted molar refractivity (Wildman–Crippen MR) is 56.3 cm³/mol. The van der Waals surface area contributed by atoms with Gasteiger partial charge in [0.15, 0.2) is 0 Å². The minimum atomic E-state index is -0.122. The fraction of sp³-hybridized carbons (Fsp3) is 0.889. The Morgan fingerprint density at radius 3 is 2.50 bits per heavy atom. The summed E-state index contributed by atoms with van der Waals surface area (Å²) in [6.07, 6.45) is 1.99. The molecule has 2 amide bonds. The van der Waals surface area contributed by atoms with E-state index in [9.17, 15) is 4.79 Å². The highest BCUT2D eigenvalue weighted by Crippen LogP contribution is 1.95. The van der Waals surface area contributed by atoms with Crippen molar-refractivity contribution in [2.45, 2.75) is 12.8 Å². The fourth-order valence-electron chi connectivity index (χ4n) is 1.20. The second-order valence-corrected chi connectivity index (χ2v) is 3.08. The molecule has 0 aliphatic rings. The average molecular weight is 203 g/mol. The number of carbonyl (C=O) groups is 1. The number of amides is 2. The molecule has 0 unspecified atom stereocenters. The van der Waals surface area contributed by atoms with Crippen LogP contribution in [-0.4, -0.2) is 56.4 Å². The lowest BCUT2D eigenvalue weighted by Gasteiger charge is -2.20. The van der Waals surface area contributed by atoms with E-state index in [4.69, 9.17) is 5.11 Å². The summed E-state index contributed by atoms with van der Waals surface area (Å²) < 4.78 is 0. The summed E-state index contributed by atoms with van der Waals surface area (Å²) in [6, 6.07) is -0.122. The normalized spacial score (nSPS) is 9.93. The number of nitrogens with one attached hydrogen (secondary N) is 2. The summed E-state index contributed by atoms with van der Waals surface area (Å²) in [4.78, 5) is 12.9. The van der Waals surface area contributed by atoms with E-state index in [1.807, 2.05) is 7.05 Å². The minimum Gasteiger partial charge on any atom is -0.395 e. The summed E-state index contributed by atoms with van der Waals surface area (Å²) in [6.45, 7) is 2.07. The molecular weight excluding hydrogens is 182 g/mol. The van der Waals surface area contributed by atoms with Gasteiger partial charge in [0.25, 0.3) is 0 Å². The van der Waals surface area contributed by atoms with Crippen LogP contribution >= 0.6 is 0 Å². The second-order valence-electron chi connectivity index (χ2n) is 3.08. The van der Waals surface area contributed by atoms with Crippen LogP contribution in [0.15, 0.2) is 0 Å². The zero-order chi connectivity index (χ0) is 10.8. The molecule has 0 saturated carbocycles. The highest BCUT2D eigenvalue weighted by molar-refractivity contribution is 5.73. The summed E-state index contributed by atoms with van der Waals surface area (Å²) in [5.41, 5.74) is 0. The van der Waals surface area contributed by atoms with Crippen LogP contribution in [0.4, 0.5) is 4.79 Å². The lowest BCUT2D eigenvalue weighted by atomic mass is 10.3. The van der Waals surface area contributed by atoms with Crippen LogP contribution in [0.5, 0.6) is 0 Å². The standard InChI is InChI=1S/C9H21N3O2/c1-10-5-3-4-6-12(7-8-13)9(14)11-2/h10,13H,3-8H2,1-2H3,(H,11,14). The van der Waals surface area contributed by atoms with Crippen molar-refractivity contribution in [1.29, 1.82) is 0 Å². The Morgan fingerprint density at radius 2 is 2.00 bits per heavy atom. The smallest absolute Gasteiger partial charge is 0.317 e. The molecule has 0 aromatic rings. The average Bonchev–Trinajstić information content (AvgIpc) is 2.21. The topological polar surface area (TPSA) is 64.6 Å². The van der Waals surface area contributed by atoms with Crippen LogP contribution < -0.4 is 10.6 Å². The zero-order valence-corrected chi connectivity index (χ0v) is 9.05. The number of carbonyl (C=O) groups excluding carboxylic acids is 1. The first kappa shape index (κ1) is 13.2. The van der Waals surface area contributed by atoms with E-state index in [0.717, 1.165) is 19.4 Å². The van der Waals surface area contributed by atoms with Gasteiger partial charge in [-0.05, 0) is 26.4 Å². The molecule has 0 aliphatic carbocycles. The third-order valence-electron chi connectivity index (χ3n) is 1.98. The maximum absolute atomic E-state index is 11.3. The van der Waals surface area contributed by atoms with Crippen molar-refractivity contribution in [1.82, 2.24) is 15.5 Å². The van der Waals surface area contributed by atoms with Gasteiger partial charge in [-0.2, -0.15) is 0 Å². The van der Waals surface area contributed by atoms with Crippen molar-refractivity contribution >= 4 is 6.03 Å². The van der Waals surface area contributed by atoms with Crippen molar-refractivity contribution in [2.75, 3.05) is 40.3 Å². The molecule has 5 nitrogen and oxygen atoms in total. The molecule has 0 aromatic carbocycles. The first-order chi connectivity index (χ1) is 6.76. The van der Waals surface area contributed by atoms with Gasteiger partial charge >= 0.3 is 6.03 Å². The third kappa shape index (κ3) is 5.77. The van der Waals surface area contributed by atoms with Gasteiger partial charge in [-0.3, -0.25) is 0 Å². The quantitative estimate of drug-likeness (QED) is 0.494. The molecule has 84 valence electrons. The molecule has 0 aliphatic heterocycles. The molecule has 0 heterocycles. The molecule has 0 radical (unpaired) electrons. The van der Waals surface area contributed by atoms with Gasteiger partial charge in [-0.1, -0.05) is 0 Å². The Bertz CT molecular complexity index is 153. The molecule has 0 aromatic heterocycles. The molecule has 0 saturated heterocycles. The van der Waals surface area contributed by atoms with E-state index < -0.39 is 0 Å². The molecule has 0 bridgehead atoms. The van der Waals surface area contributed by atoms with Crippen molar-refractivity contribution in [3.8, 4) is 0 Å². The van der Waals surface area contributed by atoms with Crippen molar-refractivity contribution in [3.05, 3.63) is 0 Å². The maximum atomic E-state index is 11.3. The van der Waals surface area contributed by atoms with Crippen LogP contribution in [-0.2, 0) is 0 Å². The summed E-state index contributed by atoms with van der Waals surface area (Å²) in [5.74, 6) is 0. The van der Waals surface area contributed by atoms with E-state index in [-0.39, 0.29) is 12.6 Å². The lowest BCUT2D eigenvalue weighted by Crippen LogP contribution is -2.40. The summed E-state index contributed by atoms with van der Waals surface area (Å²) in [5, 5.41) is 14.3. The number of rotatable bonds is 7. The highest BCUT2D eigenvalue weighted by atomic mass is 16.3. The maximum Gasteiger partial charge on any atom is 0.317 e. The summed E-state index contributed by atoms with van der Waals surface area (Å²) >= 11 is 0. The van der Waals surface area contributed by atoms with Crippen molar-refractivity contribution in [3.63, 3.8) is 0 Å². The van der Waals surface area contributed by atoms with Gasteiger partial charge < -0.3 is 20.6 Å². The van der Waals surface area contributed by atoms with Gasteiger partial charge in [0.1, 0.15) is 0 Å². The Labute approximate surface area is 85.5 Å². The molecular formula is C9H21N3O2. The molecule has 14 heavy (non-hydrogen) atoms. The van der Waals surface area contributed by atoms with E-state index >= 15 is 0 Å².